The highest BCUT2D eigenvalue weighted by molar-refractivity contribution is 5.94. The van der Waals surface area contributed by atoms with E-state index >= 15 is 0 Å². The molecule has 1 aliphatic carbocycles. The van der Waals surface area contributed by atoms with E-state index in [0.29, 0.717) is 11.6 Å². The zero-order valence-corrected chi connectivity index (χ0v) is 12.9. The number of hydrogen-bond acceptors (Lipinski definition) is 2. The highest BCUT2D eigenvalue weighted by Gasteiger charge is 2.21. The van der Waals surface area contributed by atoms with Crippen molar-refractivity contribution in [3.8, 4) is 12.3 Å². The normalized spacial score (nSPS) is 14.1. The third-order valence-electron chi connectivity index (χ3n) is 3.29. The van der Waals surface area contributed by atoms with Gasteiger partial charge in [0.15, 0.2) is 5.96 Å². The van der Waals surface area contributed by atoms with E-state index in [1.807, 2.05) is 19.1 Å². The Morgan fingerprint density at radius 2 is 2.23 bits per heavy atom. The Morgan fingerprint density at radius 1 is 1.41 bits per heavy atom. The van der Waals surface area contributed by atoms with Crippen LogP contribution in [0.1, 0.15) is 25.3 Å². The number of anilines is 1. The number of guanidine groups is 1. The van der Waals surface area contributed by atoms with Gasteiger partial charge in [-0.2, -0.15) is 0 Å². The van der Waals surface area contributed by atoms with Crippen molar-refractivity contribution in [2.75, 3.05) is 25.0 Å². The number of nitrogens with zero attached hydrogens (tertiary/aromatic N) is 1. The second kappa shape index (κ2) is 8.08. The minimum atomic E-state index is -0.169. The number of carbonyl (C=O) groups excluding carboxylic acids is 1. The quantitative estimate of drug-likeness (QED) is 0.424. The lowest BCUT2D eigenvalue weighted by Crippen LogP contribution is -2.39. The van der Waals surface area contributed by atoms with Crippen molar-refractivity contribution in [1.82, 2.24) is 10.6 Å². The molecule has 0 aliphatic heterocycles. The van der Waals surface area contributed by atoms with E-state index in [4.69, 9.17) is 6.42 Å². The van der Waals surface area contributed by atoms with Crippen LogP contribution in [0.4, 0.5) is 5.69 Å². The molecule has 1 amide bonds. The van der Waals surface area contributed by atoms with Crippen molar-refractivity contribution in [3.05, 3.63) is 29.8 Å². The van der Waals surface area contributed by atoms with Gasteiger partial charge in [-0.3, -0.25) is 4.79 Å². The van der Waals surface area contributed by atoms with E-state index in [-0.39, 0.29) is 12.5 Å². The highest BCUT2D eigenvalue weighted by atomic mass is 16.1. The third kappa shape index (κ3) is 5.49. The van der Waals surface area contributed by atoms with E-state index in [1.165, 1.54) is 12.8 Å². The summed E-state index contributed by atoms with van der Waals surface area (Å²) in [5, 5.41) is 9.18. The molecule has 0 radical (unpaired) electrons. The minimum absolute atomic E-state index is 0.0697. The molecule has 5 heteroatoms. The van der Waals surface area contributed by atoms with E-state index in [1.54, 1.807) is 12.1 Å². The molecule has 1 aromatic carbocycles. The minimum Gasteiger partial charge on any atom is -0.357 e. The number of hydrogen-bond donors (Lipinski definition) is 3. The van der Waals surface area contributed by atoms with Gasteiger partial charge in [0.1, 0.15) is 6.54 Å². The standard InChI is InChI=1S/C17H22N4O/c1-3-13-6-5-7-15(10-13)21-16(22)12-20-17(18-4-2)19-11-14-8-9-14/h1,5-7,10,14H,4,8-9,11-12H2,2H3,(H,21,22)(H2,18,19,20). The summed E-state index contributed by atoms with van der Waals surface area (Å²) in [6.07, 6.45) is 7.90. The van der Waals surface area contributed by atoms with Crippen LogP contribution in [0.2, 0.25) is 0 Å². The molecule has 116 valence electrons. The average molecular weight is 298 g/mol. The third-order valence-corrected chi connectivity index (χ3v) is 3.29. The SMILES string of the molecule is C#Cc1cccc(NC(=O)CN=C(NCC)NCC2CC2)c1. The average Bonchev–Trinajstić information content (AvgIpc) is 3.34. The number of benzene rings is 1. The Hall–Kier alpha value is -2.48. The molecular formula is C17H22N4O. The first-order chi connectivity index (χ1) is 10.7. The topological polar surface area (TPSA) is 65.5 Å². The van der Waals surface area contributed by atoms with Crippen LogP contribution in [0.5, 0.6) is 0 Å². The molecule has 0 bridgehead atoms. The van der Waals surface area contributed by atoms with Gasteiger partial charge >= 0.3 is 0 Å². The van der Waals surface area contributed by atoms with Gasteiger partial charge in [-0.15, -0.1) is 6.42 Å². The number of nitrogens with one attached hydrogen (secondary N) is 3. The molecule has 0 saturated heterocycles. The molecule has 5 nitrogen and oxygen atoms in total. The van der Waals surface area contributed by atoms with Gasteiger partial charge in [0, 0.05) is 24.3 Å². The van der Waals surface area contributed by atoms with Gasteiger partial charge in [-0.1, -0.05) is 12.0 Å². The van der Waals surface area contributed by atoms with Crippen LogP contribution in [-0.4, -0.2) is 31.5 Å². The smallest absolute Gasteiger partial charge is 0.246 e. The van der Waals surface area contributed by atoms with Gasteiger partial charge in [-0.05, 0) is 43.9 Å². The van der Waals surface area contributed by atoms with Crippen molar-refractivity contribution in [2.45, 2.75) is 19.8 Å². The van der Waals surface area contributed by atoms with Crippen LogP contribution in [0.25, 0.3) is 0 Å². The van der Waals surface area contributed by atoms with E-state index in [9.17, 15) is 4.79 Å². The lowest BCUT2D eigenvalue weighted by atomic mass is 10.2. The van der Waals surface area contributed by atoms with Crippen LogP contribution in [0, 0.1) is 18.3 Å². The van der Waals surface area contributed by atoms with Crippen LogP contribution in [0.15, 0.2) is 29.3 Å². The predicted octanol–water partition coefficient (Wildman–Crippen LogP) is 1.57. The summed E-state index contributed by atoms with van der Waals surface area (Å²) < 4.78 is 0. The fourth-order valence-electron chi connectivity index (χ4n) is 1.94. The maximum Gasteiger partial charge on any atom is 0.246 e. The number of rotatable bonds is 6. The largest absolute Gasteiger partial charge is 0.357 e. The highest BCUT2D eigenvalue weighted by Crippen LogP contribution is 2.27. The number of terminal acetylenes is 1. The molecule has 3 N–H and O–H groups in total. The molecule has 22 heavy (non-hydrogen) atoms. The summed E-state index contributed by atoms with van der Waals surface area (Å²) in [5.41, 5.74) is 1.42. The van der Waals surface area contributed by atoms with Crippen LogP contribution in [-0.2, 0) is 4.79 Å². The molecular weight excluding hydrogens is 276 g/mol. The Bertz CT molecular complexity index is 585. The lowest BCUT2D eigenvalue weighted by molar-refractivity contribution is -0.114. The molecule has 0 spiro atoms. The number of aliphatic imine (C=N–C) groups is 1. The lowest BCUT2D eigenvalue weighted by Gasteiger charge is -2.10. The predicted molar refractivity (Wildman–Crippen MR) is 89.7 cm³/mol. The van der Waals surface area contributed by atoms with Gasteiger partial charge < -0.3 is 16.0 Å². The van der Waals surface area contributed by atoms with Crippen molar-refractivity contribution >= 4 is 17.6 Å². The summed E-state index contributed by atoms with van der Waals surface area (Å²) in [6.45, 7) is 3.75. The monoisotopic (exact) mass is 298 g/mol. The summed E-state index contributed by atoms with van der Waals surface area (Å²) in [7, 11) is 0. The second-order valence-electron chi connectivity index (χ2n) is 5.29. The summed E-state index contributed by atoms with van der Waals surface area (Å²) in [6, 6.07) is 7.20. The number of carbonyl (C=O) groups is 1. The van der Waals surface area contributed by atoms with E-state index in [0.717, 1.165) is 24.6 Å². The molecule has 1 aliphatic rings. The van der Waals surface area contributed by atoms with Crippen molar-refractivity contribution in [2.24, 2.45) is 10.9 Å². The fourth-order valence-corrected chi connectivity index (χ4v) is 1.94. The summed E-state index contributed by atoms with van der Waals surface area (Å²) in [5.74, 6) is 3.81. The van der Waals surface area contributed by atoms with Crippen molar-refractivity contribution in [1.29, 1.82) is 0 Å². The molecule has 0 unspecified atom stereocenters. The van der Waals surface area contributed by atoms with Crippen molar-refractivity contribution < 1.29 is 4.79 Å². The molecule has 2 rings (SSSR count). The van der Waals surface area contributed by atoms with E-state index in [2.05, 4.69) is 26.9 Å². The first-order valence-corrected chi connectivity index (χ1v) is 7.60. The maximum atomic E-state index is 11.9. The van der Waals surface area contributed by atoms with Gasteiger partial charge in [-0.25, -0.2) is 4.99 Å². The van der Waals surface area contributed by atoms with Gasteiger partial charge in [0.2, 0.25) is 5.91 Å². The Morgan fingerprint density at radius 3 is 2.91 bits per heavy atom. The molecule has 0 aromatic heterocycles. The molecule has 1 saturated carbocycles. The number of amides is 1. The Labute approximate surface area is 131 Å². The first-order valence-electron chi connectivity index (χ1n) is 7.60. The molecule has 1 aromatic rings. The zero-order valence-electron chi connectivity index (χ0n) is 12.9. The maximum absolute atomic E-state index is 11.9. The second-order valence-corrected chi connectivity index (χ2v) is 5.29. The van der Waals surface area contributed by atoms with E-state index < -0.39 is 0 Å². The Kier molecular flexibility index (Phi) is 5.84. The molecule has 0 heterocycles. The van der Waals surface area contributed by atoms with Crippen molar-refractivity contribution in [3.63, 3.8) is 0 Å². The van der Waals surface area contributed by atoms with Crippen LogP contribution < -0.4 is 16.0 Å². The summed E-state index contributed by atoms with van der Waals surface area (Å²) in [4.78, 5) is 16.2. The van der Waals surface area contributed by atoms with Gasteiger partial charge in [0.25, 0.3) is 0 Å². The fraction of sp³-hybridized carbons (Fsp3) is 0.412. The van der Waals surface area contributed by atoms with Crippen LogP contribution in [0.3, 0.4) is 0 Å². The zero-order chi connectivity index (χ0) is 15.8. The first kappa shape index (κ1) is 15.9. The summed E-state index contributed by atoms with van der Waals surface area (Å²) >= 11 is 0. The molecule has 1 fully saturated rings. The van der Waals surface area contributed by atoms with Crippen LogP contribution >= 0.6 is 0 Å². The molecule has 0 atom stereocenters. The Balaban J connectivity index is 1.85. The van der Waals surface area contributed by atoms with Gasteiger partial charge in [0.05, 0.1) is 0 Å².